The van der Waals surface area contributed by atoms with Gasteiger partial charge < -0.3 is 5.11 Å². The van der Waals surface area contributed by atoms with Crippen molar-refractivity contribution in [2.75, 3.05) is 19.7 Å². The standard InChI is InChI=1S/C13H21N3O2/c1-2-16(8-3-9-17)10-11-4-6-12(7-5-11)13(18)15-14/h4-7,17H,2-3,8-10,14H2,1H3,(H,15,18). The lowest BCUT2D eigenvalue weighted by Gasteiger charge is -2.19. The van der Waals surface area contributed by atoms with Gasteiger partial charge >= 0.3 is 0 Å². The third kappa shape index (κ3) is 4.44. The topological polar surface area (TPSA) is 78.6 Å². The van der Waals surface area contributed by atoms with Crippen LogP contribution in [-0.4, -0.2) is 35.6 Å². The maximum absolute atomic E-state index is 11.3. The number of hydrogen-bond donors (Lipinski definition) is 3. The summed E-state index contributed by atoms with van der Waals surface area (Å²) in [4.78, 5) is 13.5. The van der Waals surface area contributed by atoms with Crippen LogP contribution in [0.4, 0.5) is 0 Å². The summed E-state index contributed by atoms with van der Waals surface area (Å²) in [7, 11) is 0. The van der Waals surface area contributed by atoms with Crippen LogP contribution >= 0.6 is 0 Å². The molecule has 0 saturated heterocycles. The number of benzene rings is 1. The number of carbonyl (C=O) groups is 1. The van der Waals surface area contributed by atoms with Gasteiger partial charge in [0.15, 0.2) is 0 Å². The number of carbonyl (C=O) groups excluding carboxylic acids is 1. The molecule has 0 fully saturated rings. The second-order valence-corrected chi connectivity index (χ2v) is 4.12. The minimum atomic E-state index is -0.283. The molecule has 0 aliphatic heterocycles. The highest BCUT2D eigenvalue weighted by atomic mass is 16.3. The van der Waals surface area contributed by atoms with Gasteiger partial charge in [-0.15, -0.1) is 0 Å². The smallest absolute Gasteiger partial charge is 0.265 e. The van der Waals surface area contributed by atoms with Gasteiger partial charge in [-0.25, -0.2) is 5.84 Å². The largest absolute Gasteiger partial charge is 0.396 e. The molecule has 0 bridgehead atoms. The summed E-state index contributed by atoms with van der Waals surface area (Å²) in [6.07, 6.45) is 0.779. The molecule has 0 atom stereocenters. The predicted octanol–water partition coefficient (Wildman–Crippen LogP) is 0.494. The number of nitrogens with zero attached hydrogens (tertiary/aromatic N) is 1. The van der Waals surface area contributed by atoms with Gasteiger partial charge in [0.25, 0.3) is 5.91 Å². The van der Waals surface area contributed by atoms with Crippen LogP contribution in [0.15, 0.2) is 24.3 Å². The van der Waals surface area contributed by atoms with Crippen molar-refractivity contribution in [3.05, 3.63) is 35.4 Å². The molecule has 1 aromatic carbocycles. The summed E-state index contributed by atoms with van der Waals surface area (Å²) >= 11 is 0. The number of aliphatic hydroxyl groups excluding tert-OH is 1. The van der Waals surface area contributed by atoms with Crippen LogP contribution in [-0.2, 0) is 6.54 Å². The summed E-state index contributed by atoms with van der Waals surface area (Å²) < 4.78 is 0. The molecule has 0 unspecified atom stereocenters. The van der Waals surface area contributed by atoms with Crippen LogP contribution in [0.5, 0.6) is 0 Å². The van der Waals surface area contributed by atoms with Gasteiger partial charge in [-0.3, -0.25) is 15.1 Å². The molecule has 1 amide bonds. The Morgan fingerprint density at radius 3 is 2.56 bits per heavy atom. The summed E-state index contributed by atoms with van der Waals surface area (Å²) in [6.45, 7) is 4.93. The van der Waals surface area contributed by atoms with Gasteiger partial charge in [0.2, 0.25) is 0 Å². The fraction of sp³-hybridized carbons (Fsp3) is 0.462. The van der Waals surface area contributed by atoms with E-state index in [1.54, 1.807) is 12.1 Å². The van der Waals surface area contributed by atoms with E-state index < -0.39 is 0 Å². The average molecular weight is 251 g/mol. The number of nitrogens with two attached hydrogens (primary N) is 1. The van der Waals surface area contributed by atoms with E-state index in [0.29, 0.717) is 5.56 Å². The van der Waals surface area contributed by atoms with E-state index >= 15 is 0 Å². The van der Waals surface area contributed by atoms with Crippen LogP contribution < -0.4 is 11.3 Å². The Labute approximate surface area is 108 Å². The highest BCUT2D eigenvalue weighted by Gasteiger charge is 2.05. The minimum absolute atomic E-state index is 0.214. The SMILES string of the molecule is CCN(CCCO)Cc1ccc(C(=O)NN)cc1. The molecule has 5 nitrogen and oxygen atoms in total. The van der Waals surface area contributed by atoms with Gasteiger partial charge in [-0.2, -0.15) is 0 Å². The average Bonchev–Trinajstić information content (AvgIpc) is 2.43. The summed E-state index contributed by atoms with van der Waals surface area (Å²) in [6, 6.07) is 7.37. The molecule has 0 saturated carbocycles. The number of hydrogen-bond acceptors (Lipinski definition) is 4. The van der Waals surface area contributed by atoms with Crippen molar-refractivity contribution in [3.63, 3.8) is 0 Å². The molecule has 0 aromatic heterocycles. The lowest BCUT2D eigenvalue weighted by molar-refractivity contribution is 0.0953. The van der Waals surface area contributed by atoms with Crippen molar-refractivity contribution >= 4 is 5.91 Å². The first-order chi connectivity index (χ1) is 8.71. The van der Waals surface area contributed by atoms with Crippen molar-refractivity contribution in [2.45, 2.75) is 19.9 Å². The zero-order valence-corrected chi connectivity index (χ0v) is 10.7. The van der Waals surface area contributed by atoms with Crippen LogP contribution in [0, 0.1) is 0 Å². The molecule has 100 valence electrons. The molecule has 1 rings (SSSR count). The maximum Gasteiger partial charge on any atom is 0.265 e. The van der Waals surface area contributed by atoms with E-state index in [4.69, 9.17) is 10.9 Å². The Morgan fingerprint density at radius 2 is 2.06 bits per heavy atom. The second-order valence-electron chi connectivity index (χ2n) is 4.12. The number of amides is 1. The van der Waals surface area contributed by atoms with E-state index in [9.17, 15) is 4.79 Å². The Kier molecular flexibility index (Phi) is 6.35. The lowest BCUT2D eigenvalue weighted by atomic mass is 10.1. The molecular formula is C13H21N3O2. The summed E-state index contributed by atoms with van der Waals surface area (Å²) in [5, 5.41) is 8.82. The van der Waals surface area contributed by atoms with Crippen LogP contribution in [0.1, 0.15) is 29.3 Å². The Morgan fingerprint density at radius 1 is 1.39 bits per heavy atom. The minimum Gasteiger partial charge on any atom is -0.396 e. The van der Waals surface area contributed by atoms with Crippen molar-refractivity contribution in [1.29, 1.82) is 0 Å². The molecular weight excluding hydrogens is 230 g/mol. The number of aliphatic hydroxyl groups is 1. The van der Waals surface area contributed by atoms with Crippen LogP contribution in [0.2, 0.25) is 0 Å². The van der Waals surface area contributed by atoms with E-state index in [1.807, 2.05) is 12.1 Å². The van der Waals surface area contributed by atoms with Gasteiger partial charge in [-0.05, 0) is 30.7 Å². The molecule has 0 radical (unpaired) electrons. The summed E-state index contributed by atoms with van der Waals surface area (Å²) in [5.74, 6) is 4.78. The van der Waals surface area contributed by atoms with Crippen LogP contribution in [0.25, 0.3) is 0 Å². The fourth-order valence-corrected chi connectivity index (χ4v) is 1.75. The quantitative estimate of drug-likeness (QED) is 0.374. The van der Waals surface area contributed by atoms with Crippen molar-refractivity contribution in [2.24, 2.45) is 5.84 Å². The summed E-state index contributed by atoms with van der Waals surface area (Å²) in [5.41, 5.74) is 3.80. The molecule has 0 spiro atoms. The first-order valence-electron chi connectivity index (χ1n) is 6.14. The lowest BCUT2D eigenvalue weighted by Crippen LogP contribution is -2.30. The monoisotopic (exact) mass is 251 g/mol. The predicted molar refractivity (Wildman–Crippen MR) is 70.7 cm³/mol. The Bertz CT molecular complexity index is 365. The van der Waals surface area contributed by atoms with Crippen molar-refractivity contribution in [1.82, 2.24) is 10.3 Å². The van der Waals surface area contributed by atoms with E-state index in [2.05, 4.69) is 17.2 Å². The maximum atomic E-state index is 11.3. The molecule has 0 aliphatic rings. The van der Waals surface area contributed by atoms with Crippen LogP contribution in [0.3, 0.4) is 0 Å². The molecule has 18 heavy (non-hydrogen) atoms. The van der Waals surface area contributed by atoms with E-state index in [-0.39, 0.29) is 12.5 Å². The van der Waals surface area contributed by atoms with Gasteiger partial charge in [-0.1, -0.05) is 19.1 Å². The second kappa shape index (κ2) is 7.81. The fourth-order valence-electron chi connectivity index (χ4n) is 1.75. The molecule has 0 heterocycles. The highest BCUT2D eigenvalue weighted by Crippen LogP contribution is 2.08. The third-order valence-corrected chi connectivity index (χ3v) is 2.83. The molecule has 0 aliphatic carbocycles. The zero-order valence-electron chi connectivity index (χ0n) is 10.7. The van der Waals surface area contributed by atoms with E-state index in [0.717, 1.165) is 31.6 Å². The van der Waals surface area contributed by atoms with Crippen molar-refractivity contribution < 1.29 is 9.90 Å². The first-order valence-corrected chi connectivity index (χ1v) is 6.14. The van der Waals surface area contributed by atoms with Crippen molar-refractivity contribution in [3.8, 4) is 0 Å². The normalized spacial score (nSPS) is 10.7. The Balaban J connectivity index is 2.59. The van der Waals surface area contributed by atoms with Gasteiger partial charge in [0.05, 0.1) is 0 Å². The third-order valence-electron chi connectivity index (χ3n) is 2.83. The molecule has 4 N–H and O–H groups in total. The van der Waals surface area contributed by atoms with Gasteiger partial charge in [0.1, 0.15) is 0 Å². The highest BCUT2D eigenvalue weighted by molar-refractivity contribution is 5.93. The number of rotatable bonds is 7. The number of nitrogen functional groups attached to an aromatic ring is 1. The zero-order chi connectivity index (χ0) is 13.4. The Hall–Kier alpha value is -1.43. The number of nitrogens with one attached hydrogen (secondary N) is 1. The first kappa shape index (κ1) is 14.6. The number of hydrazine groups is 1. The molecule has 1 aromatic rings. The molecule has 5 heteroatoms. The van der Waals surface area contributed by atoms with E-state index in [1.165, 1.54) is 0 Å². The van der Waals surface area contributed by atoms with Gasteiger partial charge in [0, 0.05) is 25.3 Å².